The fraction of sp³-hybridized carbons (Fsp3) is 0. The first-order chi connectivity index (χ1) is 3.43. The van der Waals surface area contributed by atoms with Crippen LogP contribution in [0.15, 0.2) is 16.6 Å². The standard InChI is InChI=1S/C4H2NOS/c6-5-4-1-2-7-3-4/h1-2H. The number of hydrogen-bond acceptors (Lipinski definition) is 3. The van der Waals surface area contributed by atoms with E-state index in [1.807, 2.05) is 0 Å². The molecule has 3 heteroatoms. The van der Waals surface area contributed by atoms with Crippen molar-refractivity contribution in [3.63, 3.8) is 0 Å². The van der Waals surface area contributed by atoms with E-state index in [1.165, 1.54) is 11.3 Å². The lowest BCUT2D eigenvalue weighted by atomic mass is 10.6. The number of rotatable bonds is 1. The van der Waals surface area contributed by atoms with Crippen LogP contribution in [-0.4, -0.2) is 0 Å². The Kier molecular flexibility index (Phi) is 1.17. The molecule has 1 radical (unpaired) electrons. The van der Waals surface area contributed by atoms with Crippen LogP contribution < -0.4 is 0 Å². The van der Waals surface area contributed by atoms with E-state index in [4.69, 9.17) is 0 Å². The van der Waals surface area contributed by atoms with Gasteiger partial charge in [-0.2, -0.15) is 0 Å². The summed E-state index contributed by atoms with van der Waals surface area (Å²) in [5.74, 6) is 0. The summed E-state index contributed by atoms with van der Waals surface area (Å²) < 4.78 is 0. The van der Waals surface area contributed by atoms with E-state index in [-0.39, 0.29) is 0 Å². The van der Waals surface area contributed by atoms with Gasteiger partial charge in [0.05, 0.1) is 5.38 Å². The van der Waals surface area contributed by atoms with Crippen LogP contribution in [0.25, 0.3) is 0 Å². The zero-order valence-corrected chi connectivity index (χ0v) is 4.23. The summed E-state index contributed by atoms with van der Waals surface area (Å²) in [6, 6.07) is 1.62. The van der Waals surface area contributed by atoms with Crippen molar-refractivity contribution in [3.05, 3.63) is 21.7 Å². The molecule has 1 aromatic heterocycles. The Bertz CT molecular complexity index is 147. The molecule has 1 heterocycles. The maximum atomic E-state index is 9.59. The summed E-state index contributed by atoms with van der Waals surface area (Å²) in [5.41, 5.74) is 0.394. The summed E-state index contributed by atoms with van der Waals surface area (Å²) in [6.45, 7) is 0. The SMILES string of the molecule is O=Nc1[c]scc1. The summed E-state index contributed by atoms with van der Waals surface area (Å²) in [7, 11) is 0. The zero-order chi connectivity index (χ0) is 5.11. The third-order valence-electron chi connectivity index (χ3n) is 0.556. The average molecular weight is 112 g/mol. The molecule has 0 unspecified atom stereocenters. The van der Waals surface area contributed by atoms with Crippen LogP contribution in [0, 0.1) is 10.3 Å². The Hall–Kier alpha value is -0.700. The van der Waals surface area contributed by atoms with E-state index in [9.17, 15) is 4.91 Å². The molecule has 0 spiro atoms. The molecule has 0 saturated carbocycles. The van der Waals surface area contributed by atoms with Crippen molar-refractivity contribution < 1.29 is 0 Å². The first kappa shape index (κ1) is 4.46. The van der Waals surface area contributed by atoms with Crippen molar-refractivity contribution >= 4 is 17.0 Å². The molecule has 0 atom stereocenters. The molecule has 7 heavy (non-hydrogen) atoms. The Balaban J connectivity index is 2.96. The minimum absolute atomic E-state index is 0.394. The highest BCUT2D eigenvalue weighted by Crippen LogP contribution is 2.12. The highest BCUT2D eigenvalue weighted by molar-refractivity contribution is 7.07. The van der Waals surface area contributed by atoms with Crippen LogP contribution in [-0.2, 0) is 0 Å². The van der Waals surface area contributed by atoms with Crippen LogP contribution in [0.4, 0.5) is 5.69 Å². The number of hydrogen-bond donors (Lipinski definition) is 0. The quantitative estimate of drug-likeness (QED) is 0.510. The molecule has 0 aromatic carbocycles. The lowest BCUT2D eigenvalue weighted by Crippen LogP contribution is -1.40. The van der Waals surface area contributed by atoms with Crippen LogP contribution in [0.5, 0.6) is 0 Å². The molecule has 0 saturated heterocycles. The van der Waals surface area contributed by atoms with Gasteiger partial charge in [0, 0.05) is 0 Å². The third kappa shape index (κ3) is 0.838. The molecule has 0 amide bonds. The van der Waals surface area contributed by atoms with E-state index in [0.717, 1.165) is 0 Å². The molecular weight excluding hydrogens is 110 g/mol. The zero-order valence-electron chi connectivity index (χ0n) is 3.42. The largest absolute Gasteiger partial charge is 0.145 e. The van der Waals surface area contributed by atoms with E-state index >= 15 is 0 Å². The molecule has 35 valence electrons. The van der Waals surface area contributed by atoms with Crippen LogP contribution in [0.3, 0.4) is 0 Å². The smallest absolute Gasteiger partial charge is 0.127 e. The first-order valence-electron chi connectivity index (χ1n) is 1.72. The van der Waals surface area contributed by atoms with Crippen molar-refractivity contribution in [2.24, 2.45) is 5.18 Å². The van der Waals surface area contributed by atoms with Crippen molar-refractivity contribution in [2.45, 2.75) is 0 Å². The van der Waals surface area contributed by atoms with Crippen LogP contribution in [0.2, 0.25) is 0 Å². The van der Waals surface area contributed by atoms with Crippen LogP contribution >= 0.6 is 11.3 Å². The lowest BCUT2D eigenvalue weighted by Gasteiger charge is -1.63. The van der Waals surface area contributed by atoms with Gasteiger partial charge in [0.15, 0.2) is 0 Å². The molecule has 0 bridgehead atoms. The number of thiophene rings is 1. The van der Waals surface area contributed by atoms with Gasteiger partial charge in [0.1, 0.15) is 5.69 Å². The van der Waals surface area contributed by atoms with Crippen molar-refractivity contribution in [1.82, 2.24) is 0 Å². The predicted molar refractivity (Wildman–Crippen MR) is 28.6 cm³/mol. The molecule has 1 aromatic rings. The molecule has 0 aliphatic rings. The predicted octanol–water partition coefficient (Wildman–Crippen LogP) is 1.95. The summed E-state index contributed by atoms with van der Waals surface area (Å²) in [6.07, 6.45) is 0. The van der Waals surface area contributed by atoms with Gasteiger partial charge in [-0.25, -0.2) is 0 Å². The molecule has 0 aliphatic heterocycles. The van der Waals surface area contributed by atoms with Crippen molar-refractivity contribution in [1.29, 1.82) is 0 Å². The molecule has 0 fully saturated rings. The Morgan fingerprint density at radius 3 is 3.00 bits per heavy atom. The second-order valence-electron chi connectivity index (χ2n) is 0.999. The van der Waals surface area contributed by atoms with Gasteiger partial charge in [0.25, 0.3) is 0 Å². The highest BCUT2D eigenvalue weighted by Gasteiger charge is 1.85. The van der Waals surface area contributed by atoms with Crippen LogP contribution in [0.1, 0.15) is 0 Å². The van der Waals surface area contributed by atoms with E-state index in [0.29, 0.717) is 5.69 Å². The molecule has 0 N–H and O–H groups in total. The number of nitroso groups, excluding NO2 is 1. The Labute approximate surface area is 44.8 Å². The van der Waals surface area contributed by atoms with E-state index < -0.39 is 0 Å². The number of nitrogens with zero attached hydrogens (tertiary/aromatic N) is 1. The van der Waals surface area contributed by atoms with Gasteiger partial charge in [-0.3, -0.25) is 0 Å². The Morgan fingerprint density at radius 2 is 2.71 bits per heavy atom. The second-order valence-corrected chi connectivity index (χ2v) is 1.71. The van der Waals surface area contributed by atoms with Gasteiger partial charge in [-0.15, -0.1) is 16.2 Å². The minimum atomic E-state index is 0.394. The topological polar surface area (TPSA) is 29.4 Å². The first-order valence-corrected chi connectivity index (χ1v) is 2.60. The maximum absolute atomic E-state index is 9.59. The third-order valence-corrected chi connectivity index (χ3v) is 1.15. The van der Waals surface area contributed by atoms with Gasteiger partial charge in [-0.05, 0) is 16.6 Å². The molecule has 0 aliphatic carbocycles. The van der Waals surface area contributed by atoms with E-state index in [2.05, 4.69) is 10.6 Å². The normalized spacial score (nSPS) is 8.57. The van der Waals surface area contributed by atoms with Gasteiger partial charge in [0.2, 0.25) is 0 Å². The summed E-state index contributed by atoms with van der Waals surface area (Å²) in [5, 5.41) is 7.05. The van der Waals surface area contributed by atoms with Crippen molar-refractivity contribution in [3.8, 4) is 0 Å². The maximum Gasteiger partial charge on any atom is 0.127 e. The van der Waals surface area contributed by atoms with Gasteiger partial charge < -0.3 is 0 Å². The fourth-order valence-corrected chi connectivity index (χ4v) is 0.767. The second kappa shape index (κ2) is 1.84. The molecule has 1 rings (SSSR count). The summed E-state index contributed by atoms with van der Waals surface area (Å²) >= 11 is 1.35. The summed E-state index contributed by atoms with van der Waals surface area (Å²) in [4.78, 5) is 9.59. The monoisotopic (exact) mass is 112 g/mol. The highest BCUT2D eigenvalue weighted by atomic mass is 32.1. The van der Waals surface area contributed by atoms with E-state index in [1.54, 1.807) is 11.4 Å². The Morgan fingerprint density at radius 1 is 1.86 bits per heavy atom. The fourth-order valence-electron chi connectivity index (χ4n) is 0.276. The molecular formula is C4H2NOS. The lowest BCUT2D eigenvalue weighted by molar-refractivity contribution is 1.55. The van der Waals surface area contributed by atoms with Crippen molar-refractivity contribution in [2.75, 3.05) is 0 Å². The van der Waals surface area contributed by atoms with Gasteiger partial charge >= 0.3 is 0 Å². The van der Waals surface area contributed by atoms with Gasteiger partial charge in [-0.1, -0.05) is 0 Å². The minimum Gasteiger partial charge on any atom is -0.145 e. The average Bonchev–Trinajstić information content (AvgIpc) is 2.14. The molecule has 2 nitrogen and oxygen atoms in total.